The molecule has 1 heterocycles. The van der Waals surface area contributed by atoms with Gasteiger partial charge in [-0.15, -0.1) is 0 Å². The third kappa shape index (κ3) is 2.85. The van der Waals surface area contributed by atoms with E-state index in [1.54, 1.807) is 6.07 Å². The number of H-pyrrole nitrogens is 1. The number of carbonyl (C=O) groups excluding carboxylic acids is 1. The van der Waals surface area contributed by atoms with Gasteiger partial charge in [0.25, 0.3) is 5.69 Å². The Kier molecular flexibility index (Phi) is 3.40. The summed E-state index contributed by atoms with van der Waals surface area (Å²) >= 11 is 0. The highest BCUT2D eigenvalue weighted by molar-refractivity contribution is 5.87. The number of nitrogens with one attached hydrogen (secondary N) is 2. The maximum Gasteiger partial charge on any atom is 0.419 e. The largest absolute Gasteiger partial charge is 0.419 e. The summed E-state index contributed by atoms with van der Waals surface area (Å²) in [6, 6.07) is 12.5. The van der Waals surface area contributed by atoms with Crippen molar-refractivity contribution in [2.45, 2.75) is 0 Å². The highest BCUT2D eigenvalue weighted by Gasteiger charge is 2.10. The van der Waals surface area contributed by atoms with Crippen LogP contribution in [0.3, 0.4) is 0 Å². The van der Waals surface area contributed by atoms with E-state index >= 15 is 0 Å². The number of benzene rings is 2. The van der Waals surface area contributed by atoms with Crippen LogP contribution in [0.25, 0.3) is 11.0 Å². The molecule has 0 saturated carbocycles. The fourth-order valence-electron chi connectivity index (χ4n) is 1.88. The van der Waals surface area contributed by atoms with Crippen molar-refractivity contribution in [2.24, 2.45) is 0 Å². The monoisotopic (exact) mass is 298 g/mol. The number of rotatable bonds is 3. The number of aromatic amines is 1. The van der Waals surface area contributed by atoms with Crippen LogP contribution >= 0.6 is 0 Å². The van der Waals surface area contributed by atoms with E-state index in [0.29, 0.717) is 5.52 Å². The Morgan fingerprint density at radius 3 is 2.59 bits per heavy atom. The predicted octanol–water partition coefficient (Wildman–Crippen LogP) is 3.08. The van der Waals surface area contributed by atoms with Crippen LogP contribution in [0.15, 0.2) is 48.5 Å². The van der Waals surface area contributed by atoms with Crippen LogP contribution in [0, 0.1) is 10.1 Å². The van der Waals surface area contributed by atoms with Crippen molar-refractivity contribution in [3.63, 3.8) is 0 Å². The molecule has 1 aromatic heterocycles. The van der Waals surface area contributed by atoms with Crippen molar-refractivity contribution in [3.05, 3.63) is 58.6 Å². The molecule has 1 amide bonds. The number of fused-ring (bicyclic) bond motifs is 1. The first-order valence-electron chi connectivity index (χ1n) is 6.30. The van der Waals surface area contributed by atoms with Crippen molar-refractivity contribution in [1.29, 1.82) is 0 Å². The molecule has 0 atom stereocenters. The number of hydrogen-bond donors (Lipinski definition) is 2. The van der Waals surface area contributed by atoms with Crippen LogP contribution in [-0.4, -0.2) is 21.0 Å². The first-order chi connectivity index (χ1) is 10.6. The fraction of sp³-hybridized carbons (Fsp3) is 0. The van der Waals surface area contributed by atoms with Crippen LogP contribution in [0.4, 0.5) is 16.4 Å². The van der Waals surface area contributed by atoms with Crippen LogP contribution < -0.4 is 10.1 Å². The zero-order valence-corrected chi connectivity index (χ0v) is 11.1. The lowest BCUT2D eigenvalue weighted by Gasteiger charge is -2.03. The summed E-state index contributed by atoms with van der Waals surface area (Å²) in [6.07, 6.45) is -0.743. The second kappa shape index (κ2) is 5.52. The third-order valence-electron chi connectivity index (χ3n) is 2.87. The van der Waals surface area contributed by atoms with Gasteiger partial charge in [0.05, 0.1) is 16.0 Å². The van der Waals surface area contributed by atoms with E-state index in [2.05, 4.69) is 15.3 Å². The van der Waals surface area contributed by atoms with Gasteiger partial charge in [-0.05, 0) is 24.3 Å². The van der Waals surface area contributed by atoms with Crippen LogP contribution in [-0.2, 0) is 0 Å². The second-order valence-electron chi connectivity index (χ2n) is 4.37. The van der Waals surface area contributed by atoms with Crippen molar-refractivity contribution in [1.82, 2.24) is 9.97 Å². The Balaban J connectivity index is 1.68. The van der Waals surface area contributed by atoms with Crippen LogP contribution in [0.2, 0.25) is 0 Å². The van der Waals surface area contributed by atoms with E-state index < -0.39 is 11.0 Å². The van der Waals surface area contributed by atoms with Gasteiger partial charge >= 0.3 is 6.09 Å². The zero-order valence-electron chi connectivity index (χ0n) is 11.1. The van der Waals surface area contributed by atoms with E-state index in [1.165, 1.54) is 24.3 Å². The molecule has 3 rings (SSSR count). The Morgan fingerprint density at radius 1 is 1.18 bits per heavy atom. The Morgan fingerprint density at radius 2 is 1.91 bits per heavy atom. The fourth-order valence-corrected chi connectivity index (χ4v) is 1.88. The summed E-state index contributed by atoms with van der Waals surface area (Å²) in [5, 5.41) is 13.0. The standard InChI is InChI=1S/C14H10N4O4/c19-14(22-10-7-5-9(6-8-10)18(20)21)17-13-15-11-3-1-2-4-12(11)16-13/h1-8H,(H2,15,16,17,19). The SMILES string of the molecule is O=C(Nc1nc2ccccc2[nH]1)Oc1ccc([N+](=O)[O-])cc1. The highest BCUT2D eigenvalue weighted by Crippen LogP contribution is 2.18. The average molecular weight is 298 g/mol. The molecule has 0 spiro atoms. The van der Waals surface area contributed by atoms with Gasteiger partial charge in [0.15, 0.2) is 0 Å². The number of carbonyl (C=O) groups is 1. The van der Waals surface area contributed by atoms with Crippen molar-refractivity contribution in [2.75, 3.05) is 5.32 Å². The number of amides is 1. The number of nitrogens with zero attached hydrogens (tertiary/aromatic N) is 2. The molecular formula is C14H10N4O4. The maximum atomic E-state index is 11.8. The van der Waals surface area contributed by atoms with Crippen molar-refractivity contribution in [3.8, 4) is 5.75 Å². The molecule has 0 bridgehead atoms. The molecule has 2 N–H and O–H groups in total. The minimum Gasteiger partial charge on any atom is -0.410 e. The lowest BCUT2D eigenvalue weighted by atomic mass is 10.3. The number of anilines is 1. The van der Waals surface area contributed by atoms with Gasteiger partial charge in [-0.2, -0.15) is 0 Å². The second-order valence-corrected chi connectivity index (χ2v) is 4.37. The molecule has 0 aliphatic rings. The minimum absolute atomic E-state index is 0.0787. The first kappa shape index (κ1) is 13.6. The summed E-state index contributed by atoms with van der Waals surface area (Å²) in [7, 11) is 0. The van der Waals surface area contributed by atoms with Gasteiger partial charge in [0, 0.05) is 12.1 Å². The number of aromatic nitrogens is 2. The van der Waals surface area contributed by atoms with Gasteiger partial charge in [-0.25, -0.2) is 9.78 Å². The molecule has 110 valence electrons. The number of nitro benzene ring substituents is 1. The molecule has 0 radical (unpaired) electrons. The lowest BCUT2D eigenvalue weighted by molar-refractivity contribution is -0.384. The predicted molar refractivity (Wildman–Crippen MR) is 78.8 cm³/mol. The molecular weight excluding hydrogens is 288 g/mol. The molecule has 8 heteroatoms. The third-order valence-corrected chi connectivity index (χ3v) is 2.87. The van der Waals surface area contributed by atoms with Crippen molar-refractivity contribution >= 4 is 28.8 Å². The number of para-hydroxylation sites is 2. The van der Waals surface area contributed by atoms with Gasteiger partial charge in [-0.1, -0.05) is 12.1 Å². The lowest BCUT2D eigenvalue weighted by Crippen LogP contribution is -2.17. The quantitative estimate of drug-likeness (QED) is 0.570. The van der Waals surface area contributed by atoms with Gasteiger partial charge in [0.1, 0.15) is 5.75 Å². The highest BCUT2D eigenvalue weighted by atomic mass is 16.6. The van der Waals surface area contributed by atoms with Crippen molar-refractivity contribution < 1.29 is 14.5 Å². The van der Waals surface area contributed by atoms with Crippen LogP contribution in [0.5, 0.6) is 5.75 Å². The molecule has 8 nitrogen and oxygen atoms in total. The van der Waals surface area contributed by atoms with E-state index in [-0.39, 0.29) is 17.4 Å². The topological polar surface area (TPSA) is 110 Å². The summed E-state index contributed by atoms with van der Waals surface area (Å²) in [4.78, 5) is 28.9. The zero-order chi connectivity index (χ0) is 15.5. The number of ether oxygens (including phenoxy) is 1. The van der Waals surface area contributed by atoms with Crippen LogP contribution in [0.1, 0.15) is 0 Å². The minimum atomic E-state index is -0.743. The number of imidazole rings is 1. The normalized spacial score (nSPS) is 10.4. The van der Waals surface area contributed by atoms with E-state index in [1.807, 2.05) is 18.2 Å². The average Bonchev–Trinajstić information content (AvgIpc) is 2.89. The molecule has 0 aliphatic carbocycles. The molecule has 3 aromatic rings. The molecule has 0 aliphatic heterocycles. The van der Waals surface area contributed by atoms with E-state index in [0.717, 1.165) is 5.52 Å². The van der Waals surface area contributed by atoms with E-state index in [9.17, 15) is 14.9 Å². The Labute approximate surface area is 123 Å². The molecule has 2 aromatic carbocycles. The molecule has 0 fully saturated rings. The Hall–Kier alpha value is -3.42. The smallest absolute Gasteiger partial charge is 0.410 e. The molecule has 0 saturated heterocycles. The molecule has 22 heavy (non-hydrogen) atoms. The molecule has 0 unspecified atom stereocenters. The Bertz CT molecular complexity index is 808. The first-order valence-corrected chi connectivity index (χ1v) is 6.30. The number of non-ortho nitro benzene ring substituents is 1. The van der Waals surface area contributed by atoms with Gasteiger partial charge < -0.3 is 9.72 Å². The summed E-state index contributed by atoms with van der Waals surface area (Å²) in [6.45, 7) is 0. The summed E-state index contributed by atoms with van der Waals surface area (Å²) in [5.41, 5.74) is 1.42. The summed E-state index contributed by atoms with van der Waals surface area (Å²) in [5.74, 6) is 0.451. The van der Waals surface area contributed by atoms with Gasteiger partial charge in [0.2, 0.25) is 5.95 Å². The van der Waals surface area contributed by atoms with E-state index in [4.69, 9.17) is 4.74 Å². The summed E-state index contributed by atoms with van der Waals surface area (Å²) < 4.78 is 5.02. The van der Waals surface area contributed by atoms with Gasteiger partial charge in [-0.3, -0.25) is 15.4 Å². The number of nitro groups is 1. The maximum absolute atomic E-state index is 11.8. The number of hydrogen-bond acceptors (Lipinski definition) is 5.